The summed E-state index contributed by atoms with van der Waals surface area (Å²) in [5, 5.41) is 0. The van der Waals surface area contributed by atoms with E-state index in [-0.39, 0.29) is 36.9 Å². The van der Waals surface area contributed by atoms with E-state index >= 15 is 0 Å². The SMILES string of the molecule is CCOC(=O)[C@H]1CCCN([C@@H]2CC(=O)N(c3ccc4c(c3)OCO4)C2=O)C1. The average Bonchev–Trinajstić information content (AvgIpc) is 3.25. The van der Waals surface area contributed by atoms with E-state index in [0.29, 0.717) is 36.9 Å². The van der Waals surface area contributed by atoms with Crippen LogP contribution in [-0.4, -0.2) is 55.2 Å². The average molecular weight is 374 g/mol. The van der Waals surface area contributed by atoms with Gasteiger partial charge in [0.25, 0.3) is 5.91 Å². The van der Waals surface area contributed by atoms with Crippen molar-refractivity contribution in [1.82, 2.24) is 4.90 Å². The zero-order chi connectivity index (χ0) is 19.0. The molecule has 0 unspecified atom stereocenters. The predicted molar refractivity (Wildman–Crippen MR) is 94.4 cm³/mol. The maximum Gasteiger partial charge on any atom is 0.310 e. The van der Waals surface area contributed by atoms with Crippen molar-refractivity contribution in [3.63, 3.8) is 0 Å². The summed E-state index contributed by atoms with van der Waals surface area (Å²) in [7, 11) is 0. The van der Waals surface area contributed by atoms with Gasteiger partial charge in [0.05, 0.1) is 30.7 Å². The van der Waals surface area contributed by atoms with Crippen molar-refractivity contribution in [2.75, 3.05) is 31.4 Å². The highest BCUT2D eigenvalue weighted by Gasteiger charge is 2.44. The Morgan fingerprint density at radius 1 is 1.26 bits per heavy atom. The number of nitrogens with zero attached hydrogens (tertiary/aromatic N) is 2. The molecule has 2 amide bonds. The number of imide groups is 1. The van der Waals surface area contributed by atoms with Crippen molar-refractivity contribution < 1.29 is 28.6 Å². The molecule has 0 N–H and O–H groups in total. The number of hydrogen-bond acceptors (Lipinski definition) is 7. The number of carbonyl (C=O) groups is 3. The lowest BCUT2D eigenvalue weighted by atomic mass is 9.96. The zero-order valence-corrected chi connectivity index (χ0v) is 15.2. The van der Waals surface area contributed by atoms with Crippen LogP contribution in [0.5, 0.6) is 11.5 Å². The number of piperidine rings is 1. The van der Waals surface area contributed by atoms with Crippen molar-refractivity contribution in [3.05, 3.63) is 18.2 Å². The molecular formula is C19H22N2O6. The fraction of sp³-hybridized carbons (Fsp3) is 0.526. The maximum atomic E-state index is 13.0. The molecule has 2 saturated heterocycles. The van der Waals surface area contributed by atoms with Crippen LogP contribution in [0.3, 0.4) is 0 Å². The molecule has 0 bridgehead atoms. The molecule has 3 heterocycles. The standard InChI is InChI=1S/C19H22N2O6/c1-2-25-19(24)12-4-3-7-20(10-12)14-9-17(22)21(18(14)23)13-5-6-15-16(8-13)27-11-26-15/h5-6,8,12,14H,2-4,7,9-11H2,1H3/t12-,14+/m0/s1. The molecule has 2 atom stereocenters. The number of benzene rings is 1. The molecule has 27 heavy (non-hydrogen) atoms. The molecule has 0 saturated carbocycles. The summed E-state index contributed by atoms with van der Waals surface area (Å²) in [4.78, 5) is 40.8. The lowest BCUT2D eigenvalue weighted by Crippen LogP contribution is -2.48. The first kappa shape index (κ1) is 17.8. The molecule has 8 nitrogen and oxygen atoms in total. The predicted octanol–water partition coefficient (Wildman–Crippen LogP) is 1.32. The lowest BCUT2D eigenvalue weighted by molar-refractivity contribution is -0.150. The van der Waals surface area contributed by atoms with E-state index in [2.05, 4.69) is 0 Å². The monoisotopic (exact) mass is 374 g/mol. The van der Waals surface area contributed by atoms with Gasteiger partial charge in [-0.2, -0.15) is 0 Å². The normalized spacial score (nSPS) is 25.1. The molecular weight excluding hydrogens is 352 g/mol. The van der Waals surface area contributed by atoms with Gasteiger partial charge in [-0.1, -0.05) is 0 Å². The second kappa shape index (κ2) is 7.19. The summed E-state index contributed by atoms with van der Waals surface area (Å²) in [6.07, 6.45) is 1.66. The van der Waals surface area contributed by atoms with Crippen LogP contribution in [0.15, 0.2) is 18.2 Å². The molecule has 8 heteroatoms. The van der Waals surface area contributed by atoms with Gasteiger partial charge in [0.2, 0.25) is 12.7 Å². The van der Waals surface area contributed by atoms with Crippen LogP contribution < -0.4 is 14.4 Å². The third kappa shape index (κ3) is 3.25. The minimum atomic E-state index is -0.542. The number of esters is 1. The van der Waals surface area contributed by atoms with Crippen molar-refractivity contribution in [3.8, 4) is 11.5 Å². The second-order valence-electron chi connectivity index (χ2n) is 6.91. The van der Waals surface area contributed by atoms with Crippen molar-refractivity contribution in [1.29, 1.82) is 0 Å². The molecule has 1 aromatic rings. The fourth-order valence-corrected chi connectivity index (χ4v) is 3.94. The zero-order valence-electron chi connectivity index (χ0n) is 15.2. The summed E-state index contributed by atoms with van der Waals surface area (Å²) >= 11 is 0. The van der Waals surface area contributed by atoms with E-state index in [0.717, 1.165) is 12.8 Å². The van der Waals surface area contributed by atoms with Gasteiger partial charge in [-0.25, -0.2) is 4.90 Å². The van der Waals surface area contributed by atoms with Crippen molar-refractivity contribution in [2.24, 2.45) is 5.92 Å². The van der Waals surface area contributed by atoms with E-state index in [1.807, 2.05) is 4.90 Å². The van der Waals surface area contributed by atoms with Gasteiger partial charge >= 0.3 is 5.97 Å². The number of carbonyl (C=O) groups excluding carboxylic acids is 3. The number of rotatable bonds is 4. The van der Waals surface area contributed by atoms with Crippen LogP contribution >= 0.6 is 0 Å². The van der Waals surface area contributed by atoms with Gasteiger partial charge in [-0.05, 0) is 38.4 Å². The van der Waals surface area contributed by atoms with E-state index in [1.165, 1.54) is 4.90 Å². The van der Waals surface area contributed by atoms with Gasteiger partial charge in [0.15, 0.2) is 11.5 Å². The molecule has 1 aromatic carbocycles. The quantitative estimate of drug-likeness (QED) is 0.580. The molecule has 0 aromatic heterocycles. The Balaban J connectivity index is 1.50. The summed E-state index contributed by atoms with van der Waals surface area (Å²) in [5.41, 5.74) is 0.482. The van der Waals surface area contributed by atoms with Gasteiger partial charge in [-0.3, -0.25) is 19.3 Å². The van der Waals surface area contributed by atoms with Crippen LogP contribution in [0, 0.1) is 5.92 Å². The molecule has 0 spiro atoms. The number of hydrogen-bond donors (Lipinski definition) is 0. The Hall–Kier alpha value is -2.61. The number of anilines is 1. The summed E-state index contributed by atoms with van der Waals surface area (Å²) in [6.45, 7) is 3.38. The molecule has 0 radical (unpaired) electrons. The van der Waals surface area contributed by atoms with Crippen LogP contribution in [-0.2, 0) is 19.1 Å². The Morgan fingerprint density at radius 2 is 2.07 bits per heavy atom. The third-order valence-corrected chi connectivity index (χ3v) is 5.25. The highest BCUT2D eigenvalue weighted by atomic mass is 16.7. The minimum absolute atomic E-state index is 0.114. The number of amides is 2. The van der Waals surface area contributed by atoms with Gasteiger partial charge in [0.1, 0.15) is 0 Å². The van der Waals surface area contributed by atoms with E-state index in [9.17, 15) is 14.4 Å². The topological polar surface area (TPSA) is 85.4 Å². The molecule has 3 aliphatic rings. The Labute approximate surface area is 157 Å². The first-order valence-corrected chi connectivity index (χ1v) is 9.25. The maximum absolute atomic E-state index is 13.0. The Bertz CT molecular complexity index is 779. The first-order valence-electron chi connectivity index (χ1n) is 9.25. The van der Waals surface area contributed by atoms with E-state index in [1.54, 1.807) is 25.1 Å². The second-order valence-corrected chi connectivity index (χ2v) is 6.91. The highest BCUT2D eigenvalue weighted by Crippen LogP contribution is 2.37. The first-order chi connectivity index (χ1) is 13.1. The van der Waals surface area contributed by atoms with Gasteiger partial charge in [0, 0.05) is 12.6 Å². The number of ether oxygens (including phenoxy) is 3. The van der Waals surface area contributed by atoms with E-state index < -0.39 is 6.04 Å². The molecule has 0 aliphatic carbocycles. The van der Waals surface area contributed by atoms with Crippen LogP contribution in [0.4, 0.5) is 5.69 Å². The van der Waals surface area contributed by atoms with Crippen molar-refractivity contribution >= 4 is 23.5 Å². The molecule has 144 valence electrons. The van der Waals surface area contributed by atoms with Crippen LogP contribution in [0.2, 0.25) is 0 Å². The number of fused-ring (bicyclic) bond motifs is 1. The smallest absolute Gasteiger partial charge is 0.310 e. The lowest BCUT2D eigenvalue weighted by Gasteiger charge is -2.34. The minimum Gasteiger partial charge on any atom is -0.466 e. The van der Waals surface area contributed by atoms with Gasteiger partial charge < -0.3 is 14.2 Å². The highest BCUT2D eigenvalue weighted by molar-refractivity contribution is 6.22. The summed E-state index contributed by atoms with van der Waals surface area (Å²) < 4.78 is 15.7. The van der Waals surface area contributed by atoms with Crippen LogP contribution in [0.25, 0.3) is 0 Å². The molecule has 4 rings (SSSR count). The fourth-order valence-electron chi connectivity index (χ4n) is 3.94. The Morgan fingerprint density at radius 3 is 2.89 bits per heavy atom. The number of likely N-dealkylation sites (tertiary alicyclic amines) is 1. The summed E-state index contributed by atoms with van der Waals surface area (Å²) in [6, 6.07) is 4.49. The molecule has 3 aliphatic heterocycles. The largest absolute Gasteiger partial charge is 0.466 e. The van der Waals surface area contributed by atoms with Gasteiger partial charge in [-0.15, -0.1) is 0 Å². The van der Waals surface area contributed by atoms with E-state index in [4.69, 9.17) is 14.2 Å². The molecule has 2 fully saturated rings. The third-order valence-electron chi connectivity index (χ3n) is 5.25. The van der Waals surface area contributed by atoms with Crippen molar-refractivity contribution in [2.45, 2.75) is 32.2 Å². The summed E-state index contributed by atoms with van der Waals surface area (Å²) in [5.74, 6) is 0.137. The Kier molecular flexibility index (Phi) is 4.73. The van der Waals surface area contributed by atoms with Crippen LogP contribution in [0.1, 0.15) is 26.2 Å².